The molecule has 0 aliphatic rings. The van der Waals surface area contributed by atoms with Gasteiger partial charge in [0, 0.05) is 6.42 Å². The van der Waals surface area contributed by atoms with Gasteiger partial charge in [0.1, 0.15) is 18.1 Å². The Kier molecular flexibility index (Phi) is 5.04. The van der Waals surface area contributed by atoms with E-state index in [2.05, 4.69) is 5.32 Å². The van der Waals surface area contributed by atoms with Crippen molar-refractivity contribution in [3.8, 4) is 5.75 Å². The van der Waals surface area contributed by atoms with Crippen LogP contribution in [0.2, 0.25) is 0 Å². The van der Waals surface area contributed by atoms with Crippen LogP contribution in [0.3, 0.4) is 0 Å². The van der Waals surface area contributed by atoms with E-state index in [0.717, 1.165) is 23.5 Å². The van der Waals surface area contributed by atoms with Gasteiger partial charge in [-0.25, -0.2) is 0 Å². The first-order valence-corrected chi connectivity index (χ1v) is 7.17. The van der Waals surface area contributed by atoms with Crippen molar-refractivity contribution in [3.63, 3.8) is 0 Å². The van der Waals surface area contributed by atoms with Gasteiger partial charge in [0.2, 0.25) is 0 Å². The van der Waals surface area contributed by atoms with Gasteiger partial charge in [-0.1, -0.05) is 19.1 Å². The smallest absolute Gasteiger partial charge is 0.287 e. The molecule has 1 N–H and O–H groups in total. The van der Waals surface area contributed by atoms with Crippen molar-refractivity contribution in [3.05, 3.63) is 53.5 Å². The summed E-state index contributed by atoms with van der Waals surface area (Å²) in [5.74, 6) is 1.75. The second kappa shape index (κ2) is 6.97. The summed E-state index contributed by atoms with van der Waals surface area (Å²) in [7, 11) is 0. The maximum Gasteiger partial charge on any atom is 0.287 e. The van der Waals surface area contributed by atoms with E-state index in [1.165, 1.54) is 0 Å². The van der Waals surface area contributed by atoms with Crippen molar-refractivity contribution in [2.45, 2.75) is 33.2 Å². The van der Waals surface area contributed by atoms with Gasteiger partial charge in [0.05, 0.1) is 6.04 Å². The molecule has 0 radical (unpaired) electrons. The number of rotatable bonds is 6. The fourth-order valence-electron chi connectivity index (χ4n) is 1.95. The number of ether oxygens (including phenoxy) is 1. The Labute approximate surface area is 125 Å². The van der Waals surface area contributed by atoms with Crippen LogP contribution >= 0.6 is 0 Å². The second-order valence-electron chi connectivity index (χ2n) is 5.12. The molecule has 1 atom stereocenters. The van der Waals surface area contributed by atoms with Crippen LogP contribution < -0.4 is 10.1 Å². The van der Waals surface area contributed by atoms with E-state index in [4.69, 9.17) is 9.15 Å². The minimum atomic E-state index is -0.213. The van der Waals surface area contributed by atoms with Crippen LogP contribution in [0.15, 0.2) is 40.8 Å². The van der Waals surface area contributed by atoms with Crippen molar-refractivity contribution >= 4 is 5.91 Å². The highest BCUT2D eigenvalue weighted by molar-refractivity contribution is 5.91. The molecule has 2 aromatic rings. The highest BCUT2D eigenvalue weighted by Crippen LogP contribution is 2.13. The molecular weight excluding hydrogens is 266 g/mol. The molecule has 0 saturated carbocycles. The molecule has 0 spiro atoms. The number of carbonyl (C=O) groups excluding carboxylic acids is 1. The summed E-state index contributed by atoms with van der Waals surface area (Å²) in [4.78, 5) is 12.0. The average Bonchev–Trinajstić information content (AvgIpc) is 2.94. The molecule has 1 aromatic carbocycles. The summed E-state index contributed by atoms with van der Waals surface area (Å²) in [6.07, 6.45) is 0.777. The summed E-state index contributed by atoms with van der Waals surface area (Å²) >= 11 is 0. The minimum Gasteiger partial charge on any atom is -0.491 e. The highest BCUT2D eigenvalue weighted by atomic mass is 16.5. The highest BCUT2D eigenvalue weighted by Gasteiger charge is 2.13. The van der Waals surface area contributed by atoms with E-state index >= 15 is 0 Å². The van der Waals surface area contributed by atoms with Crippen molar-refractivity contribution in [2.75, 3.05) is 6.61 Å². The molecule has 0 fully saturated rings. The number of hydrogen-bond donors (Lipinski definition) is 1. The molecule has 0 saturated heterocycles. The van der Waals surface area contributed by atoms with Gasteiger partial charge in [0.25, 0.3) is 5.91 Å². The number of furan rings is 1. The molecule has 0 bridgehead atoms. The summed E-state index contributed by atoms with van der Waals surface area (Å²) < 4.78 is 11.1. The summed E-state index contributed by atoms with van der Waals surface area (Å²) in [5.41, 5.74) is 1.15. The Morgan fingerprint density at radius 3 is 2.81 bits per heavy atom. The first kappa shape index (κ1) is 15.2. The molecule has 1 aromatic heterocycles. The van der Waals surface area contributed by atoms with E-state index in [9.17, 15) is 4.79 Å². The van der Waals surface area contributed by atoms with Crippen molar-refractivity contribution in [1.82, 2.24) is 5.32 Å². The second-order valence-corrected chi connectivity index (χ2v) is 5.12. The fraction of sp³-hybridized carbons (Fsp3) is 0.353. The topological polar surface area (TPSA) is 51.5 Å². The largest absolute Gasteiger partial charge is 0.491 e. The van der Waals surface area contributed by atoms with Crippen LogP contribution in [0.25, 0.3) is 0 Å². The lowest BCUT2D eigenvalue weighted by molar-refractivity contribution is 0.0897. The fourth-order valence-corrected chi connectivity index (χ4v) is 1.95. The molecule has 0 aliphatic heterocycles. The minimum absolute atomic E-state index is 0.104. The maximum atomic E-state index is 12.0. The Bertz CT molecular complexity index is 604. The van der Waals surface area contributed by atoms with E-state index in [1.807, 2.05) is 51.1 Å². The third kappa shape index (κ3) is 4.38. The molecule has 4 heteroatoms. The predicted molar refractivity (Wildman–Crippen MR) is 81.7 cm³/mol. The van der Waals surface area contributed by atoms with Gasteiger partial charge in [0.15, 0.2) is 5.76 Å². The normalized spacial score (nSPS) is 12.0. The molecule has 1 unspecified atom stereocenters. The molecule has 4 nitrogen and oxygen atoms in total. The number of nitrogens with one attached hydrogen (secondary N) is 1. The first-order chi connectivity index (χ1) is 10.1. The molecule has 112 valence electrons. The SMILES string of the molecule is CCc1ccc(C(=O)NC(C)COc2cccc(C)c2)o1. The van der Waals surface area contributed by atoms with Crippen LogP contribution in [-0.4, -0.2) is 18.6 Å². The van der Waals surface area contributed by atoms with Gasteiger partial charge in [-0.2, -0.15) is 0 Å². The van der Waals surface area contributed by atoms with E-state index in [0.29, 0.717) is 12.4 Å². The molecule has 2 rings (SSSR count). The third-order valence-electron chi connectivity index (χ3n) is 3.10. The van der Waals surface area contributed by atoms with Gasteiger partial charge >= 0.3 is 0 Å². The van der Waals surface area contributed by atoms with E-state index < -0.39 is 0 Å². The Morgan fingerprint density at radius 1 is 1.33 bits per heavy atom. The number of hydrogen-bond acceptors (Lipinski definition) is 3. The zero-order valence-electron chi connectivity index (χ0n) is 12.7. The third-order valence-corrected chi connectivity index (χ3v) is 3.10. The summed E-state index contributed by atoms with van der Waals surface area (Å²) in [6.45, 7) is 6.31. The number of amides is 1. The summed E-state index contributed by atoms with van der Waals surface area (Å²) in [5, 5.41) is 2.86. The zero-order chi connectivity index (χ0) is 15.2. The predicted octanol–water partition coefficient (Wildman–Crippen LogP) is 3.35. The lowest BCUT2D eigenvalue weighted by Crippen LogP contribution is -2.36. The first-order valence-electron chi connectivity index (χ1n) is 7.17. The monoisotopic (exact) mass is 287 g/mol. The summed E-state index contributed by atoms with van der Waals surface area (Å²) in [6, 6.07) is 11.2. The average molecular weight is 287 g/mol. The van der Waals surface area contributed by atoms with Crippen LogP contribution in [0, 0.1) is 6.92 Å². The van der Waals surface area contributed by atoms with Gasteiger partial charge in [-0.05, 0) is 43.7 Å². The van der Waals surface area contributed by atoms with Crippen LogP contribution in [0.5, 0.6) is 5.75 Å². The molecule has 0 aliphatic carbocycles. The Balaban J connectivity index is 1.83. The Morgan fingerprint density at radius 2 is 2.14 bits per heavy atom. The van der Waals surface area contributed by atoms with Gasteiger partial charge in [-0.3, -0.25) is 4.79 Å². The number of carbonyl (C=O) groups is 1. The van der Waals surface area contributed by atoms with Gasteiger partial charge < -0.3 is 14.5 Å². The van der Waals surface area contributed by atoms with Crippen molar-refractivity contribution in [1.29, 1.82) is 0 Å². The number of benzene rings is 1. The van der Waals surface area contributed by atoms with E-state index in [1.54, 1.807) is 6.07 Å². The quantitative estimate of drug-likeness (QED) is 0.886. The van der Waals surface area contributed by atoms with Gasteiger partial charge in [-0.15, -0.1) is 0 Å². The molecule has 21 heavy (non-hydrogen) atoms. The lowest BCUT2D eigenvalue weighted by Gasteiger charge is -2.14. The molecular formula is C17H21NO3. The van der Waals surface area contributed by atoms with Crippen molar-refractivity contribution in [2.24, 2.45) is 0 Å². The van der Waals surface area contributed by atoms with Crippen LogP contribution in [-0.2, 0) is 6.42 Å². The maximum absolute atomic E-state index is 12.0. The standard InChI is InChI=1S/C17H21NO3/c1-4-14-8-9-16(21-14)17(19)18-13(3)11-20-15-7-5-6-12(2)10-15/h5-10,13H,4,11H2,1-3H3,(H,18,19). The molecule has 1 amide bonds. The van der Waals surface area contributed by atoms with Crippen LogP contribution in [0.4, 0.5) is 0 Å². The zero-order valence-corrected chi connectivity index (χ0v) is 12.7. The van der Waals surface area contributed by atoms with Crippen LogP contribution in [0.1, 0.15) is 35.7 Å². The Hall–Kier alpha value is -2.23. The molecule has 1 heterocycles. The van der Waals surface area contributed by atoms with Crippen molar-refractivity contribution < 1.29 is 13.9 Å². The van der Waals surface area contributed by atoms with E-state index in [-0.39, 0.29) is 11.9 Å². The number of aryl methyl sites for hydroxylation is 2. The lowest BCUT2D eigenvalue weighted by atomic mass is 10.2.